The number of sulfone groups is 1. The zero-order chi connectivity index (χ0) is 35.5. The number of carbonyl (C=O) groups is 2. The smallest absolute Gasteiger partial charge is 0.369 e. The van der Waals surface area contributed by atoms with Crippen molar-refractivity contribution in [1.29, 1.82) is 0 Å². The molecule has 3 heterocycles. The van der Waals surface area contributed by atoms with Gasteiger partial charge in [0.1, 0.15) is 11.4 Å². The largest absolute Gasteiger partial charge is 0.421 e. The average Bonchev–Trinajstić information content (AvgIpc) is 3.08. The Balaban J connectivity index is 1.07. The number of hydrogen-bond donors (Lipinski definition) is 3. The number of nitrogens with zero attached hydrogens (tertiary/aromatic N) is 5. The molecule has 0 aliphatic carbocycles. The number of halogens is 3. The van der Waals surface area contributed by atoms with E-state index in [-0.39, 0.29) is 29.7 Å². The molecule has 50 heavy (non-hydrogen) atoms. The molecule has 6 rings (SSSR count). The maximum Gasteiger partial charge on any atom is 0.421 e. The number of anilines is 5. The number of benzene rings is 3. The maximum atomic E-state index is 13.8. The van der Waals surface area contributed by atoms with Crippen LogP contribution in [-0.4, -0.2) is 74.2 Å². The lowest BCUT2D eigenvalue weighted by molar-refractivity contribution is -0.137. The Labute approximate surface area is 287 Å². The number of para-hydroxylation sites is 1. The Morgan fingerprint density at radius 1 is 0.920 bits per heavy atom. The van der Waals surface area contributed by atoms with E-state index < -0.39 is 33.4 Å². The standard InChI is InChI=1S/C34H35F3N8O4S/c1-50(48,49)27-7-4-5-23(19-27)20-38-31-28(34(35,36)37)21-39-32(42-31)40-25-9-11-26(12-10-25)44-17-15-43(16-18-44)22-24-6-2-3-8-29(24)45-14-13-30(46)41-33(45)47/h2-12,19,21H,13-18,20,22H2,1H3,(H,41,46,47)(H2,38,39,40,42). The fraction of sp³-hybridized carbons (Fsp3) is 0.294. The first-order valence-electron chi connectivity index (χ1n) is 15.8. The van der Waals surface area contributed by atoms with Crippen LogP contribution in [0.1, 0.15) is 23.1 Å². The van der Waals surface area contributed by atoms with Gasteiger partial charge >= 0.3 is 12.2 Å². The van der Waals surface area contributed by atoms with Crippen LogP contribution in [0.3, 0.4) is 0 Å². The van der Waals surface area contributed by atoms with Gasteiger partial charge in [-0.25, -0.2) is 18.2 Å². The van der Waals surface area contributed by atoms with Crippen molar-refractivity contribution in [3.63, 3.8) is 0 Å². The number of rotatable bonds is 10. The highest BCUT2D eigenvalue weighted by Crippen LogP contribution is 2.34. The second kappa shape index (κ2) is 14.3. The van der Waals surface area contributed by atoms with Crippen molar-refractivity contribution in [2.75, 3.05) is 59.4 Å². The lowest BCUT2D eigenvalue weighted by Gasteiger charge is -2.37. The van der Waals surface area contributed by atoms with Gasteiger partial charge in [0.2, 0.25) is 11.9 Å². The van der Waals surface area contributed by atoms with E-state index in [9.17, 15) is 31.2 Å². The fourth-order valence-corrected chi connectivity index (χ4v) is 6.54. The van der Waals surface area contributed by atoms with Gasteiger partial charge in [0.15, 0.2) is 9.84 Å². The van der Waals surface area contributed by atoms with Crippen LogP contribution in [0.25, 0.3) is 0 Å². The van der Waals surface area contributed by atoms with Crippen LogP contribution >= 0.6 is 0 Å². The normalized spacial score (nSPS) is 15.9. The number of carbonyl (C=O) groups excluding carboxylic acids is 2. The molecule has 0 radical (unpaired) electrons. The topological polar surface area (TPSA) is 140 Å². The lowest BCUT2D eigenvalue weighted by Crippen LogP contribution is -2.50. The van der Waals surface area contributed by atoms with E-state index >= 15 is 0 Å². The zero-order valence-corrected chi connectivity index (χ0v) is 27.9. The van der Waals surface area contributed by atoms with E-state index in [0.29, 0.717) is 30.5 Å². The zero-order valence-electron chi connectivity index (χ0n) is 27.1. The number of urea groups is 1. The van der Waals surface area contributed by atoms with Gasteiger partial charge in [0.05, 0.1) is 4.90 Å². The van der Waals surface area contributed by atoms with Crippen molar-refractivity contribution in [2.24, 2.45) is 0 Å². The summed E-state index contributed by atoms with van der Waals surface area (Å²) in [5.41, 5.74) is 2.79. The number of hydrogen-bond acceptors (Lipinski definition) is 10. The van der Waals surface area contributed by atoms with Gasteiger partial charge in [-0.05, 0) is 53.6 Å². The summed E-state index contributed by atoms with van der Waals surface area (Å²) >= 11 is 0. The van der Waals surface area contributed by atoms with Crippen LogP contribution in [0.5, 0.6) is 0 Å². The third-order valence-corrected chi connectivity index (χ3v) is 9.58. The minimum absolute atomic E-state index is 0.0410. The van der Waals surface area contributed by atoms with Crippen LogP contribution in [0.4, 0.5) is 46.8 Å². The molecule has 1 aromatic heterocycles. The van der Waals surface area contributed by atoms with Gasteiger partial charge < -0.3 is 15.5 Å². The highest BCUT2D eigenvalue weighted by Gasteiger charge is 2.35. The van der Waals surface area contributed by atoms with Crippen molar-refractivity contribution >= 4 is 50.6 Å². The lowest BCUT2D eigenvalue weighted by atomic mass is 10.1. The molecule has 16 heteroatoms. The quantitative estimate of drug-likeness (QED) is 0.206. The van der Waals surface area contributed by atoms with E-state index in [4.69, 9.17) is 0 Å². The van der Waals surface area contributed by atoms with E-state index in [2.05, 4.69) is 35.7 Å². The molecule has 4 aromatic rings. The molecule has 3 N–H and O–H groups in total. The number of imide groups is 1. The summed E-state index contributed by atoms with van der Waals surface area (Å²) in [5.74, 6) is -0.751. The molecule has 0 spiro atoms. The van der Waals surface area contributed by atoms with Crippen molar-refractivity contribution < 1.29 is 31.2 Å². The number of aromatic nitrogens is 2. The van der Waals surface area contributed by atoms with E-state index in [1.54, 1.807) is 23.1 Å². The van der Waals surface area contributed by atoms with E-state index in [1.165, 1.54) is 18.2 Å². The molecule has 262 valence electrons. The average molecular weight is 709 g/mol. The van der Waals surface area contributed by atoms with Gasteiger partial charge in [-0.1, -0.05) is 30.3 Å². The molecule has 2 aliphatic heterocycles. The predicted molar refractivity (Wildman–Crippen MR) is 183 cm³/mol. The van der Waals surface area contributed by atoms with Gasteiger partial charge in [-0.2, -0.15) is 18.2 Å². The number of piperazine rings is 1. The molecular weight excluding hydrogens is 673 g/mol. The van der Waals surface area contributed by atoms with Crippen molar-refractivity contribution in [2.45, 2.75) is 30.6 Å². The molecule has 3 aromatic carbocycles. The Morgan fingerprint density at radius 2 is 1.66 bits per heavy atom. The summed E-state index contributed by atoms with van der Waals surface area (Å²) in [6.45, 7) is 4.00. The first kappa shape index (κ1) is 34.6. The van der Waals surface area contributed by atoms with Crippen molar-refractivity contribution in [3.8, 4) is 0 Å². The highest BCUT2D eigenvalue weighted by molar-refractivity contribution is 7.90. The first-order chi connectivity index (χ1) is 23.8. The minimum atomic E-state index is -4.71. The minimum Gasteiger partial charge on any atom is -0.369 e. The Bertz CT molecular complexity index is 1990. The second-order valence-corrected chi connectivity index (χ2v) is 14.1. The SMILES string of the molecule is CS(=O)(=O)c1cccc(CNc2nc(Nc3ccc(N4CCN(Cc5ccccc5N5CCC(=O)NC5=O)CC4)cc3)ncc2C(F)(F)F)c1. The van der Waals surface area contributed by atoms with E-state index in [0.717, 1.165) is 49.4 Å². The third kappa shape index (κ3) is 8.31. The summed E-state index contributed by atoms with van der Waals surface area (Å²) in [5, 5.41) is 8.03. The van der Waals surface area contributed by atoms with Crippen molar-refractivity contribution in [3.05, 3.63) is 95.7 Å². The van der Waals surface area contributed by atoms with Crippen LogP contribution in [0.15, 0.2) is 83.9 Å². The molecule has 2 aliphatic rings. The van der Waals surface area contributed by atoms with Crippen LogP contribution in [0.2, 0.25) is 0 Å². The predicted octanol–water partition coefficient (Wildman–Crippen LogP) is 5.02. The Hall–Kier alpha value is -5.22. The molecule has 0 unspecified atom stereocenters. The summed E-state index contributed by atoms with van der Waals surface area (Å²) < 4.78 is 65.1. The number of nitrogens with one attached hydrogen (secondary N) is 3. The number of amides is 3. The molecule has 12 nitrogen and oxygen atoms in total. The maximum absolute atomic E-state index is 13.8. The Morgan fingerprint density at radius 3 is 2.36 bits per heavy atom. The molecule has 0 bridgehead atoms. The molecule has 3 amide bonds. The van der Waals surface area contributed by atoms with Crippen LogP contribution < -0.4 is 25.8 Å². The summed E-state index contributed by atoms with van der Waals surface area (Å²) in [6, 6.07) is 20.7. The van der Waals surface area contributed by atoms with Crippen LogP contribution in [0, 0.1) is 0 Å². The molecule has 2 fully saturated rings. The van der Waals surface area contributed by atoms with Gasteiger partial charge in [0.25, 0.3) is 0 Å². The summed E-state index contributed by atoms with van der Waals surface area (Å²) in [6.07, 6.45) is -2.69. The fourth-order valence-electron chi connectivity index (χ4n) is 5.85. The molecule has 0 saturated carbocycles. The third-order valence-electron chi connectivity index (χ3n) is 8.47. The van der Waals surface area contributed by atoms with Crippen molar-refractivity contribution in [1.82, 2.24) is 20.2 Å². The number of alkyl halides is 3. The molecule has 0 atom stereocenters. The molecular formula is C34H35F3N8O4S. The van der Waals surface area contributed by atoms with Crippen LogP contribution in [-0.2, 0) is 33.9 Å². The molecule has 2 saturated heterocycles. The monoisotopic (exact) mass is 708 g/mol. The summed E-state index contributed by atoms with van der Waals surface area (Å²) in [4.78, 5) is 38.3. The van der Waals surface area contributed by atoms with Gasteiger partial charge in [0, 0.05) is 81.7 Å². The van der Waals surface area contributed by atoms with Gasteiger partial charge in [-0.3, -0.25) is 19.9 Å². The van der Waals surface area contributed by atoms with Gasteiger partial charge in [-0.15, -0.1) is 0 Å². The Kier molecular flexibility index (Phi) is 9.93. The van der Waals surface area contributed by atoms with E-state index in [1.807, 2.05) is 36.4 Å². The highest BCUT2D eigenvalue weighted by atomic mass is 32.2. The first-order valence-corrected chi connectivity index (χ1v) is 17.7. The summed E-state index contributed by atoms with van der Waals surface area (Å²) in [7, 11) is -3.48. The second-order valence-electron chi connectivity index (χ2n) is 12.0.